The van der Waals surface area contributed by atoms with E-state index in [0.29, 0.717) is 36.1 Å². The van der Waals surface area contributed by atoms with Crippen LogP contribution >= 0.6 is 0 Å². The molecular formula is C17H24N6O2. The smallest absolute Gasteiger partial charge is 0.259 e. The molecule has 1 aliphatic rings. The molecule has 1 N–H and O–H groups in total. The Labute approximate surface area is 147 Å². The van der Waals surface area contributed by atoms with Crippen molar-refractivity contribution in [1.29, 1.82) is 0 Å². The van der Waals surface area contributed by atoms with E-state index in [4.69, 9.17) is 4.74 Å². The minimum Gasteiger partial charge on any atom is -0.378 e. The van der Waals surface area contributed by atoms with Gasteiger partial charge in [-0.1, -0.05) is 0 Å². The Bertz CT molecular complexity index is 785. The van der Waals surface area contributed by atoms with Crippen LogP contribution in [0.3, 0.4) is 0 Å². The maximum atomic E-state index is 12.7. The zero-order chi connectivity index (χ0) is 18.1. The maximum absolute atomic E-state index is 12.7. The van der Waals surface area contributed by atoms with Gasteiger partial charge in [-0.25, -0.2) is 9.97 Å². The standard InChI is InChI=1S/C17H24N6O2/c1-10-14(13(4)22(5)21-10)16(24)20-15-11(2)18-17(19-12(15)3)23-6-8-25-9-7-23/h6-9H2,1-5H3,(H,20,24). The first-order chi connectivity index (χ1) is 11.9. The third-order valence-electron chi connectivity index (χ3n) is 4.53. The highest BCUT2D eigenvalue weighted by molar-refractivity contribution is 6.06. The van der Waals surface area contributed by atoms with Gasteiger partial charge in [-0.2, -0.15) is 5.10 Å². The highest BCUT2D eigenvalue weighted by atomic mass is 16.5. The van der Waals surface area contributed by atoms with E-state index in [1.807, 2.05) is 34.7 Å². The number of carbonyl (C=O) groups is 1. The van der Waals surface area contributed by atoms with Gasteiger partial charge in [0.1, 0.15) is 0 Å². The van der Waals surface area contributed by atoms with E-state index in [1.165, 1.54) is 0 Å². The number of morpholine rings is 1. The fourth-order valence-corrected chi connectivity index (χ4v) is 3.06. The van der Waals surface area contributed by atoms with Gasteiger partial charge in [0, 0.05) is 25.8 Å². The Morgan fingerprint density at radius 1 is 1.04 bits per heavy atom. The lowest BCUT2D eigenvalue weighted by atomic mass is 10.1. The lowest BCUT2D eigenvalue weighted by Crippen LogP contribution is -2.37. The minimum atomic E-state index is -0.183. The quantitative estimate of drug-likeness (QED) is 0.909. The van der Waals surface area contributed by atoms with Gasteiger partial charge in [-0.05, 0) is 27.7 Å². The molecule has 0 saturated carbocycles. The number of hydrogen-bond donors (Lipinski definition) is 1. The van der Waals surface area contributed by atoms with Gasteiger partial charge >= 0.3 is 0 Å². The van der Waals surface area contributed by atoms with Crippen LogP contribution in [0, 0.1) is 27.7 Å². The fourth-order valence-electron chi connectivity index (χ4n) is 3.06. The molecule has 2 aromatic rings. The van der Waals surface area contributed by atoms with Crippen LogP contribution < -0.4 is 10.2 Å². The van der Waals surface area contributed by atoms with Gasteiger partial charge in [-0.15, -0.1) is 0 Å². The molecule has 134 valence electrons. The highest BCUT2D eigenvalue weighted by Crippen LogP contribution is 2.23. The highest BCUT2D eigenvalue weighted by Gasteiger charge is 2.21. The molecule has 1 amide bonds. The van der Waals surface area contributed by atoms with Crippen LogP contribution in [-0.4, -0.2) is 52.0 Å². The summed E-state index contributed by atoms with van der Waals surface area (Å²) in [6.07, 6.45) is 0. The number of nitrogens with zero attached hydrogens (tertiary/aromatic N) is 5. The SMILES string of the molecule is Cc1nc(N2CCOCC2)nc(C)c1NC(=O)c1c(C)nn(C)c1C. The number of carbonyl (C=O) groups excluding carboxylic acids is 1. The first-order valence-corrected chi connectivity index (χ1v) is 8.38. The van der Waals surface area contributed by atoms with Gasteiger partial charge in [0.2, 0.25) is 5.95 Å². The summed E-state index contributed by atoms with van der Waals surface area (Å²) in [5.41, 5.74) is 4.29. The molecule has 3 rings (SSSR count). The molecular weight excluding hydrogens is 320 g/mol. The van der Waals surface area contributed by atoms with Crippen LogP contribution in [0.25, 0.3) is 0 Å². The lowest BCUT2D eigenvalue weighted by Gasteiger charge is -2.27. The molecule has 0 radical (unpaired) electrons. The molecule has 25 heavy (non-hydrogen) atoms. The zero-order valence-electron chi connectivity index (χ0n) is 15.4. The van der Waals surface area contributed by atoms with E-state index in [2.05, 4.69) is 25.3 Å². The van der Waals surface area contributed by atoms with Crippen LogP contribution in [0.1, 0.15) is 33.1 Å². The summed E-state index contributed by atoms with van der Waals surface area (Å²) >= 11 is 0. The molecule has 2 aromatic heterocycles. The molecule has 0 aliphatic carbocycles. The van der Waals surface area contributed by atoms with Crippen molar-refractivity contribution in [3.63, 3.8) is 0 Å². The molecule has 0 unspecified atom stereocenters. The van der Waals surface area contributed by atoms with E-state index in [-0.39, 0.29) is 5.91 Å². The molecule has 0 aromatic carbocycles. The third kappa shape index (κ3) is 3.34. The number of nitrogens with one attached hydrogen (secondary N) is 1. The van der Waals surface area contributed by atoms with Crippen molar-refractivity contribution in [3.8, 4) is 0 Å². The Hall–Kier alpha value is -2.48. The van der Waals surface area contributed by atoms with Crippen molar-refractivity contribution >= 4 is 17.5 Å². The van der Waals surface area contributed by atoms with Crippen LogP contribution in [0.15, 0.2) is 0 Å². The van der Waals surface area contributed by atoms with Gasteiger partial charge in [-0.3, -0.25) is 9.48 Å². The molecule has 0 atom stereocenters. The van der Waals surface area contributed by atoms with Crippen LogP contribution in [0.4, 0.5) is 11.6 Å². The van der Waals surface area contributed by atoms with Crippen molar-refractivity contribution in [2.45, 2.75) is 27.7 Å². The molecule has 3 heterocycles. The summed E-state index contributed by atoms with van der Waals surface area (Å²) in [5.74, 6) is 0.502. The Morgan fingerprint density at radius 3 is 2.16 bits per heavy atom. The average molecular weight is 344 g/mol. The number of hydrogen-bond acceptors (Lipinski definition) is 6. The zero-order valence-corrected chi connectivity index (χ0v) is 15.4. The first-order valence-electron chi connectivity index (χ1n) is 8.38. The summed E-state index contributed by atoms with van der Waals surface area (Å²) in [6, 6.07) is 0. The van der Waals surface area contributed by atoms with Crippen LogP contribution in [-0.2, 0) is 11.8 Å². The summed E-state index contributed by atoms with van der Waals surface area (Å²) in [7, 11) is 1.83. The molecule has 0 spiro atoms. The second-order valence-corrected chi connectivity index (χ2v) is 6.29. The molecule has 8 nitrogen and oxygen atoms in total. The van der Waals surface area contributed by atoms with E-state index < -0.39 is 0 Å². The topological polar surface area (TPSA) is 85.2 Å². The number of amides is 1. The number of aromatic nitrogens is 4. The van der Waals surface area contributed by atoms with E-state index >= 15 is 0 Å². The molecule has 1 fully saturated rings. The maximum Gasteiger partial charge on any atom is 0.259 e. The Kier molecular flexibility index (Phi) is 4.71. The minimum absolute atomic E-state index is 0.183. The van der Waals surface area contributed by atoms with Gasteiger partial charge in [0.15, 0.2) is 0 Å². The van der Waals surface area contributed by atoms with Crippen LogP contribution in [0.5, 0.6) is 0 Å². The number of rotatable bonds is 3. The fraction of sp³-hybridized carbons (Fsp3) is 0.529. The van der Waals surface area contributed by atoms with E-state index in [1.54, 1.807) is 4.68 Å². The lowest BCUT2D eigenvalue weighted by molar-refractivity contribution is 0.102. The van der Waals surface area contributed by atoms with Crippen molar-refractivity contribution in [3.05, 3.63) is 28.3 Å². The predicted octanol–water partition coefficient (Wildman–Crippen LogP) is 1.53. The summed E-state index contributed by atoms with van der Waals surface area (Å²) in [4.78, 5) is 24.0. The molecule has 0 bridgehead atoms. The first kappa shape index (κ1) is 17.3. The summed E-state index contributed by atoms with van der Waals surface area (Å²) in [5, 5.41) is 7.26. The van der Waals surface area contributed by atoms with Gasteiger partial charge in [0.25, 0.3) is 5.91 Å². The number of ether oxygens (including phenoxy) is 1. The number of aryl methyl sites for hydroxylation is 4. The third-order valence-corrected chi connectivity index (χ3v) is 4.53. The average Bonchev–Trinajstić information content (AvgIpc) is 2.84. The van der Waals surface area contributed by atoms with E-state index in [0.717, 1.165) is 30.2 Å². The number of anilines is 2. The van der Waals surface area contributed by atoms with Crippen molar-refractivity contribution in [2.75, 3.05) is 36.5 Å². The molecule has 8 heteroatoms. The largest absolute Gasteiger partial charge is 0.378 e. The molecule has 1 aliphatic heterocycles. The summed E-state index contributed by atoms with van der Waals surface area (Å²) in [6.45, 7) is 10.4. The monoisotopic (exact) mass is 344 g/mol. The Morgan fingerprint density at radius 2 is 1.64 bits per heavy atom. The van der Waals surface area contributed by atoms with E-state index in [9.17, 15) is 4.79 Å². The van der Waals surface area contributed by atoms with Crippen LogP contribution in [0.2, 0.25) is 0 Å². The predicted molar refractivity (Wildman–Crippen MR) is 95.2 cm³/mol. The normalized spacial score (nSPS) is 14.7. The van der Waals surface area contributed by atoms with Gasteiger partial charge < -0.3 is 15.0 Å². The van der Waals surface area contributed by atoms with Crippen molar-refractivity contribution in [2.24, 2.45) is 7.05 Å². The van der Waals surface area contributed by atoms with Crippen molar-refractivity contribution in [1.82, 2.24) is 19.7 Å². The summed E-state index contributed by atoms with van der Waals surface area (Å²) < 4.78 is 7.08. The second-order valence-electron chi connectivity index (χ2n) is 6.29. The van der Waals surface area contributed by atoms with Crippen molar-refractivity contribution < 1.29 is 9.53 Å². The van der Waals surface area contributed by atoms with Gasteiger partial charge in [0.05, 0.1) is 41.5 Å². The second kappa shape index (κ2) is 6.79. The molecule has 1 saturated heterocycles. The Balaban J connectivity index is 1.86.